The van der Waals surface area contributed by atoms with E-state index in [4.69, 9.17) is 18.9 Å². The van der Waals surface area contributed by atoms with Crippen molar-refractivity contribution in [2.75, 3.05) is 26.9 Å². The Morgan fingerprint density at radius 2 is 1.67 bits per heavy atom. The lowest BCUT2D eigenvalue weighted by atomic mass is 10.1. The highest BCUT2D eigenvalue weighted by Crippen LogP contribution is 2.17. The first-order chi connectivity index (χ1) is 13.2. The fourth-order valence-corrected chi connectivity index (χ4v) is 2.73. The molecule has 0 N–H and O–H groups in total. The Morgan fingerprint density at radius 3 is 2.30 bits per heavy atom. The fraction of sp³-hybridized carbons (Fsp3) is 0.333. The number of hydrogen-bond acceptors (Lipinski definition) is 6. The van der Waals surface area contributed by atoms with Crippen molar-refractivity contribution in [1.29, 1.82) is 0 Å². The van der Waals surface area contributed by atoms with Gasteiger partial charge in [0.1, 0.15) is 18.1 Å². The molecular formula is C21H22O6. The molecule has 6 heteroatoms. The molecule has 1 saturated heterocycles. The average Bonchev–Trinajstić information content (AvgIpc) is 3.24. The van der Waals surface area contributed by atoms with Gasteiger partial charge < -0.3 is 18.9 Å². The van der Waals surface area contributed by atoms with E-state index in [2.05, 4.69) is 0 Å². The quantitative estimate of drug-likeness (QED) is 0.525. The zero-order valence-corrected chi connectivity index (χ0v) is 15.2. The highest BCUT2D eigenvalue weighted by atomic mass is 16.5. The van der Waals surface area contributed by atoms with Crippen LogP contribution in [0.1, 0.15) is 33.6 Å². The van der Waals surface area contributed by atoms with Crippen molar-refractivity contribution >= 4 is 11.8 Å². The predicted molar refractivity (Wildman–Crippen MR) is 98.5 cm³/mol. The Morgan fingerprint density at radius 1 is 1.00 bits per heavy atom. The third-order valence-corrected chi connectivity index (χ3v) is 4.30. The van der Waals surface area contributed by atoms with E-state index in [1.165, 1.54) is 0 Å². The maximum Gasteiger partial charge on any atom is 0.338 e. The third kappa shape index (κ3) is 5.31. The van der Waals surface area contributed by atoms with Gasteiger partial charge >= 0.3 is 5.97 Å². The van der Waals surface area contributed by atoms with Gasteiger partial charge in [-0.3, -0.25) is 4.79 Å². The van der Waals surface area contributed by atoms with Crippen molar-refractivity contribution in [2.45, 2.75) is 18.9 Å². The first-order valence-electron chi connectivity index (χ1n) is 8.84. The number of Topliss-reactive ketones (excluding diaryl/α,β-unsaturated/α-hetero) is 1. The molecule has 3 rings (SSSR count). The van der Waals surface area contributed by atoms with Gasteiger partial charge in [0.2, 0.25) is 0 Å². The Balaban J connectivity index is 1.47. The molecule has 0 spiro atoms. The maximum atomic E-state index is 12.1. The van der Waals surface area contributed by atoms with Crippen LogP contribution in [0.25, 0.3) is 0 Å². The molecule has 1 fully saturated rings. The van der Waals surface area contributed by atoms with Crippen LogP contribution in [0.15, 0.2) is 48.5 Å². The van der Waals surface area contributed by atoms with Gasteiger partial charge in [-0.1, -0.05) is 0 Å². The van der Waals surface area contributed by atoms with Crippen molar-refractivity contribution in [3.8, 4) is 11.5 Å². The minimum atomic E-state index is -0.553. The van der Waals surface area contributed by atoms with Crippen LogP contribution in [-0.2, 0) is 9.47 Å². The van der Waals surface area contributed by atoms with Crippen LogP contribution in [0.2, 0.25) is 0 Å². The second-order valence-corrected chi connectivity index (χ2v) is 6.20. The summed E-state index contributed by atoms with van der Waals surface area (Å²) in [5, 5.41) is 0. The van der Waals surface area contributed by atoms with Crippen LogP contribution in [0, 0.1) is 0 Å². The second-order valence-electron chi connectivity index (χ2n) is 6.20. The number of carbonyl (C=O) groups excluding carboxylic acids is 2. The van der Waals surface area contributed by atoms with Crippen molar-refractivity contribution in [1.82, 2.24) is 0 Å². The summed E-state index contributed by atoms with van der Waals surface area (Å²) in [4.78, 5) is 24.2. The Bertz CT molecular complexity index is 760. The van der Waals surface area contributed by atoms with Crippen LogP contribution in [-0.4, -0.2) is 44.8 Å². The number of ketones is 1. The number of esters is 1. The maximum absolute atomic E-state index is 12.1. The van der Waals surface area contributed by atoms with Crippen LogP contribution in [0.3, 0.4) is 0 Å². The van der Waals surface area contributed by atoms with Crippen LogP contribution >= 0.6 is 0 Å². The zero-order valence-electron chi connectivity index (χ0n) is 15.2. The normalized spacial score (nSPS) is 16.0. The molecule has 6 nitrogen and oxygen atoms in total. The van der Waals surface area contributed by atoms with Crippen molar-refractivity contribution in [3.63, 3.8) is 0 Å². The minimum Gasteiger partial charge on any atom is -0.497 e. The summed E-state index contributed by atoms with van der Waals surface area (Å²) >= 11 is 0. The Labute approximate surface area is 158 Å². The van der Waals surface area contributed by atoms with Gasteiger partial charge in [0.05, 0.1) is 18.8 Å². The molecule has 0 aliphatic carbocycles. The molecule has 0 radical (unpaired) electrons. The number of benzene rings is 2. The van der Waals surface area contributed by atoms with E-state index in [0.29, 0.717) is 29.2 Å². The molecule has 1 aliphatic rings. The van der Waals surface area contributed by atoms with E-state index in [0.717, 1.165) is 19.4 Å². The molecule has 0 saturated carbocycles. The average molecular weight is 370 g/mol. The first-order valence-corrected chi connectivity index (χ1v) is 8.84. The highest BCUT2D eigenvalue weighted by Gasteiger charge is 2.16. The van der Waals surface area contributed by atoms with Gasteiger partial charge in [0.15, 0.2) is 12.4 Å². The van der Waals surface area contributed by atoms with Gasteiger partial charge in [0, 0.05) is 12.2 Å². The molecule has 1 heterocycles. The Hall–Kier alpha value is -2.86. The van der Waals surface area contributed by atoms with Crippen LogP contribution in [0.4, 0.5) is 0 Å². The molecule has 1 aliphatic heterocycles. The van der Waals surface area contributed by atoms with Crippen molar-refractivity contribution in [3.05, 3.63) is 59.7 Å². The fourth-order valence-electron chi connectivity index (χ4n) is 2.73. The van der Waals surface area contributed by atoms with E-state index in [1.54, 1.807) is 55.6 Å². The minimum absolute atomic E-state index is 0.138. The lowest BCUT2D eigenvalue weighted by Gasteiger charge is -2.11. The van der Waals surface area contributed by atoms with Gasteiger partial charge in [0.25, 0.3) is 0 Å². The van der Waals surface area contributed by atoms with E-state index in [1.807, 2.05) is 0 Å². The molecule has 0 amide bonds. The summed E-state index contributed by atoms with van der Waals surface area (Å²) in [5.41, 5.74) is 0.823. The lowest BCUT2D eigenvalue weighted by Crippen LogP contribution is -2.16. The molecule has 2 aromatic carbocycles. The van der Waals surface area contributed by atoms with Gasteiger partial charge in [-0.05, 0) is 61.4 Å². The highest BCUT2D eigenvalue weighted by molar-refractivity contribution is 5.99. The zero-order chi connectivity index (χ0) is 19.1. The number of methoxy groups -OCH3 is 1. The predicted octanol–water partition coefficient (Wildman–Crippen LogP) is 3.29. The Kier molecular flexibility index (Phi) is 6.44. The number of hydrogen-bond donors (Lipinski definition) is 0. The van der Waals surface area contributed by atoms with Crippen LogP contribution in [0.5, 0.6) is 11.5 Å². The summed E-state index contributed by atoms with van der Waals surface area (Å²) in [6, 6.07) is 13.3. The number of rotatable bonds is 8. The smallest absolute Gasteiger partial charge is 0.338 e. The van der Waals surface area contributed by atoms with E-state index in [-0.39, 0.29) is 18.5 Å². The first kappa shape index (κ1) is 18.9. The molecule has 1 atom stereocenters. The van der Waals surface area contributed by atoms with Gasteiger partial charge in [-0.2, -0.15) is 0 Å². The van der Waals surface area contributed by atoms with Crippen molar-refractivity contribution < 1.29 is 28.5 Å². The molecule has 0 bridgehead atoms. The van der Waals surface area contributed by atoms with E-state index in [9.17, 15) is 9.59 Å². The largest absolute Gasteiger partial charge is 0.497 e. The van der Waals surface area contributed by atoms with Crippen LogP contribution < -0.4 is 9.47 Å². The number of carbonyl (C=O) groups is 2. The molecule has 27 heavy (non-hydrogen) atoms. The van der Waals surface area contributed by atoms with Gasteiger partial charge in [-0.15, -0.1) is 0 Å². The molecule has 0 aromatic heterocycles. The summed E-state index contributed by atoms with van der Waals surface area (Å²) < 4.78 is 21.3. The van der Waals surface area contributed by atoms with E-state index < -0.39 is 5.97 Å². The number of ether oxygens (including phenoxy) is 4. The molecule has 142 valence electrons. The topological polar surface area (TPSA) is 71.1 Å². The monoisotopic (exact) mass is 370 g/mol. The van der Waals surface area contributed by atoms with Gasteiger partial charge in [-0.25, -0.2) is 4.79 Å². The standard InChI is InChI=1S/C21H22O6/c1-24-17-8-4-15(5-9-17)20(22)14-27-21(23)16-6-10-18(11-7-16)26-13-19-3-2-12-25-19/h4-11,19H,2-3,12-14H2,1H3/t19-/m0/s1. The second kappa shape index (κ2) is 9.19. The summed E-state index contributed by atoms with van der Waals surface area (Å²) in [5.74, 6) is 0.492. The molecule has 2 aromatic rings. The van der Waals surface area contributed by atoms with E-state index >= 15 is 0 Å². The third-order valence-electron chi connectivity index (χ3n) is 4.30. The SMILES string of the molecule is COc1ccc(C(=O)COC(=O)c2ccc(OC[C@@H]3CCCO3)cc2)cc1. The summed E-state index contributed by atoms with van der Waals surface area (Å²) in [6.07, 6.45) is 2.21. The summed E-state index contributed by atoms with van der Waals surface area (Å²) in [7, 11) is 1.55. The lowest BCUT2D eigenvalue weighted by molar-refractivity contribution is 0.0474. The summed E-state index contributed by atoms with van der Waals surface area (Å²) in [6.45, 7) is 0.969. The molecule has 0 unspecified atom stereocenters. The van der Waals surface area contributed by atoms with Crippen molar-refractivity contribution in [2.24, 2.45) is 0 Å². The molecular weight excluding hydrogens is 348 g/mol.